The molecular formula is C20H20FN7. The van der Waals surface area contributed by atoms with Gasteiger partial charge < -0.3 is 16.0 Å². The van der Waals surface area contributed by atoms with Gasteiger partial charge in [-0.3, -0.25) is 5.10 Å². The summed E-state index contributed by atoms with van der Waals surface area (Å²) < 4.78 is 13.3. The van der Waals surface area contributed by atoms with E-state index in [0.717, 1.165) is 27.7 Å². The zero-order valence-electron chi connectivity index (χ0n) is 15.3. The third-order valence-electron chi connectivity index (χ3n) is 5.34. The quantitative estimate of drug-likeness (QED) is 0.421. The lowest BCUT2D eigenvalue weighted by Gasteiger charge is -2.16. The van der Waals surface area contributed by atoms with Crippen LogP contribution in [0, 0.1) is 0 Å². The zero-order chi connectivity index (χ0) is 19.3. The van der Waals surface area contributed by atoms with Crippen LogP contribution in [0.2, 0.25) is 0 Å². The van der Waals surface area contributed by atoms with E-state index < -0.39 is 6.17 Å². The Morgan fingerprint density at radius 2 is 2.14 bits per heavy atom. The first-order valence-electron chi connectivity index (χ1n) is 9.24. The molecular weight excluding hydrogens is 357 g/mol. The van der Waals surface area contributed by atoms with Gasteiger partial charge in [-0.2, -0.15) is 10.1 Å². The van der Waals surface area contributed by atoms with Gasteiger partial charge in [-0.1, -0.05) is 13.0 Å². The van der Waals surface area contributed by atoms with Gasteiger partial charge in [0.1, 0.15) is 12.0 Å². The number of halogens is 1. The third-order valence-corrected chi connectivity index (χ3v) is 5.34. The summed E-state index contributed by atoms with van der Waals surface area (Å²) in [6.45, 7) is 2.10. The summed E-state index contributed by atoms with van der Waals surface area (Å²) in [5, 5.41) is 11.5. The van der Waals surface area contributed by atoms with Gasteiger partial charge in [0.15, 0.2) is 5.82 Å². The maximum absolute atomic E-state index is 13.3. The van der Waals surface area contributed by atoms with Gasteiger partial charge in [0.05, 0.1) is 0 Å². The summed E-state index contributed by atoms with van der Waals surface area (Å²) in [5.41, 5.74) is 9.76. The van der Waals surface area contributed by atoms with Crippen molar-refractivity contribution in [2.24, 2.45) is 0 Å². The Labute approximate surface area is 160 Å². The second kappa shape index (κ2) is 6.33. The fourth-order valence-corrected chi connectivity index (χ4v) is 3.54. The van der Waals surface area contributed by atoms with Crippen molar-refractivity contribution in [3.8, 4) is 0 Å². The minimum absolute atomic E-state index is 0.0412. The monoisotopic (exact) mass is 377 g/mol. The van der Waals surface area contributed by atoms with Crippen LogP contribution in [0.15, 0.2) is 42.7 Å². The maximum Gasteiger partial charge on any atom is 0.221 e. The summed E-state index contributed by atoms with van der Waals surface area (Å²) >= 11 is 0. The first kappa shape index (κ1) is 16.7. The van der Waals surface area contributed by atoms with Gasteiger partial charge in [-0.25, -0.2) is 9.37 Å². The van der Waals surface area contributed by atoms with Crippen LogP contribution in [0.1, 0.15) is 42.0 Å². The van der Waals surface area contributed by atoms with Crippen LogP contribution in [0.25, 0.3) is 10.9 Å². The molecule has 3 heterocycles. The molecule has 5 N–H and O–H groups in total. The second-order valence-electron chi connectivity index (χ2n) is 7.27. The third kappa shape index (κ3) is 2.96. The normalized spacial score (nSPS) is 19.6. The van der Waals surface area contributed by atoms with E-state index in [0.29, 0.717) is 18.1 Å². The molecule has 0 amide bonds. The molecule has 3 atom stereocenters. The maximum atomic E-state index is 13.3. The number of rotatable bonds is 5. The van der Waals surface area contributed by atoms with Crippen LogP contribution < -0.4 is 11.1 Å². The van der Waals surface area contributed by atoms with Crippen LogP contribution in [0.3, 0.4) is 0 Å². The highest BCUT2D eigenvalue weighted by Crippen LogP contribution is 2.43. The largest absolute Gasteiger partial charge is 0.368 e. The minimum Gasteiger partial charge on any atom is -0.368 e. The highest BCUT2D eigenvalue weighted by atomic mass is 19.1. The average Bonchev–Trinajstić information content (AvgIpc) is 3.09. The first-order chi connectivity index (χ1) is 13.6. The molecule has 0 radical (unpaired) electrons. The van der Waals surface area contributed by atoms with E-state index in [9.17, 15) is 4.39 Å². The lowest BCUT2D eigenvalue weighted by atomic mass is 9.93. The Morgan fingerprint density at radius 3 is 2.96 bits per heavy atom. The summed E-state index contributed by atoms with van der Waals surface area (Å²) in [7, 11) is 0. The van der Waals surface area contributed by atoms with Crippen molar-refractivity contribution in [3.63, 3.8) is 0 Å². The standard InChI is InChI=1S/C20H20FN7/c1-10(11-2-3-16-12(6-11)4-5-23-16)14-9-24-20(22)26-19(14)25-18-8-17(27-28-18)13-7-15(13)21/h2-6,8-10,13,15,23H,7H2,1H3,(H4,22,24,25,26,27,28)/t10-,13-,15-/m0/s1. The molecule has 0 bridgehead atoms. The van der Waals surface area contributed by atoms with Crippen molar-refractivity contribution in [1.29, 1.82) is 0 Å². The smallest absolute Gasteiger partial charge is 0.221 e. The number of anilines is 3. The van der Waals surface area contributed by atoms with E-state index in [2.05, 4.69) is 55.6 Å². The van der Waals surface area contributed by atoms with E-state index in [1.165, 1.54) is 0 Å². The summed E-state index contributed by atoms with van der Waals surface area (Å²) in [6.07, 6.45) is 3.44. The zero-order valence-corrected chi connectivity index (χ0v) is 15.3. The van der Waals surface area contributed by atoms with E-state index in [-0.39, 0.29) is 17.8 Å². The fraction of sp³-hybridized carbons (Fsp3) is 0.250. The Balaban J connectivity index is 1.46. The molecule has 3 aromatic heterocycles. The second-order valence-corrected chi connectivity index (χ2v) is 7.27. The van der Waals surface area contributed by atoms with E-state index in [1.54, 1.807) is 6.20 Å². The SMILES string of the molecule is C[C@@H](c1ccc2[nH]ccc2c1)c1cnc(N)nc1Nc1cc([C@H]2C[C@@H]2F)[nH]n1. The molecule has 7 nitrogen and oxygen atoms in total. The van der Waals surface area contributed by atoms with Crippen molar-refractivity contribution in [3.05, 3.63) is 59.5 Å². The number of nitrogens with zero attached hydrogens (tertiary/aromatic N) is 3. The Bertz CT molecular complexity index is 1150. The van der Waals surface area contributed by atoms with Crippen LogP contribution in [-0.2, 0) is 0 Å². The fourth-order valence-electron chi connectivity index (χ4n) is 3.54. The van der Waals surface area contributed by atoms with Crippen molar-refractivity contribution >= 4 is 28.5 Å². The Hall–Kier alpha value is -3.42. The van der Waals surface area contributed by atoms with Crippen LogP contribution >= 0.6 is 0 Å². The van der Waals surface area contributed by atoms with Gasteiger partial charge in [0.25, 0.3) is 0 Å². The molecule has 28 heavy (non-hydrogen) atoms. The number of aromatic nitrogens is 5. The number of fused-ring (bicyclic) bond motifs is 1. The van der Waals surface area contributed by atoms with Crippen molar-refractivity contribution in [2.45, 2.75) is 31.4 Å². The predicted molar refractivity (Wildman–Crippen MR) is 106 cm³/mol. The van der Waals surface area contributed by atoms with Gasteiger partial charge in [-0.05, 0) is 35.6 Å². The number of benzene rings is 1. The van der Waals surface area contributed by atoms with Crippen molar-refractivity contribution in [2.75, 3.05) is 11.1 Å². The molecule has 0 aliphatic heterocycles. The molecule has 1 aliphatic carbocycles. The van der Waals surface area contributed by atoms with Crippen molar-refractivity contribution < 1.29 is 4.39 Å². The highest BCUT2D eigenvalue weighted by Gasteiger charge is 2.40. The molecule has 0 unspecified atom stereocenters. The number of hydrogen-bond acceptors (Lipinski definition) is 5. The summed E-state index contributed by atoms with van der Waals surface area (Å²) in [6, 6.07) is 10.2. The summed E-state index contributed by atoms with van der Waals surface area (Å²) in [4.78, 5) is 11.8. The van der Waals surface area contributed by atoms with Gasteiger partial charge in [0, 0.05) is 47.1 Å². The number of nitrogen functional groups attached to an aromatic ring is 1. The van der Waals surface area contributed by atoms with Crippen LogP contribution in [0.5, 0.6) is 0 Å². The number of hydrogen-bond donors (Lipinski definition) is 4. The topological polar surface area (TPSA) is 108 Å². The lowest BCUT2D eigenvalue weighted by Crippen LogP contribution is -2.07. The number of H-pyrrole nitrogens is 2. The van der Waals surface area contributed by atoms with Gasteiger partial charge in [-0.15, -0.1) is 0 Å². The first-order valence-corrected chi connectivity index (χ1v) is 9.24. The molecule has 8 heteroatoms. The Morgan fingerprint density at radius 1 is 1.29 bits per heavy atom. The van der Waals surface area contributed by atoms with E-state index >= 15 is 0 Å². The number of alkyl halides is 1. The predicted octanol–water partition coefficient (Wildman–Crippen LogP) is 3.98. The number of nitrogens with one attached hydrogen (secondary N) is 3. The highest BCUT2D eigenvalue weighted by molar-refractivity contribution is 5.80. The Kier molecular flexibility index (Phi) is 3.78. The number of nitrogens with two attached hydrogens (primary N) is 1. The van der Waals surface area contributed by atoms with Crippen LogP contribution in [-0.4, -0.2) is 31.3 Å². The van der Waals surface area contributed by atoms with E-state index in [4.69, 9.17) is 5.73 Å². The van der Waals surface area contributed by atoms with Crippen LogP contribution in [0.4, 0.5) is 22.0 Å². The lowest BCUT2D eigenvalue weighted by molar-refractivity contribution is 0.466. The molecule has 1 aromatic carbocycles. The molecule has 0 saturated heterocycles. The molecule has 1 fully saturated rings. The van der Waals surface area contributed by atoms with Gasteiger partial charge >= 0.3 is 0 Å². The molecule has 5 rings (SSSR count). The average molecular weight is 377 g/mol. The molecule has 0 spiro atoms. The molecule has 142 valence electrons. The molecule has 1 saturated carbocycles. The molecule has 1 aliphatic rings. The minimum atomic E-state index is -0.776. The molecule has 4 aromatic rings. The van der Waals surface area contributed by atoms with Crippen molar-refractivity contribution in [1.82, 2.24) is 25.1 Å². The summed E-state index contributed by atoms with van der Waals surface area (Å²) in [5.74, 6) is 1.33. The number of aromatic amines is 2. The van der Waals surface area contributed by atoms with Gasteiger partial charge in [0.2, 0.25) is 5.95 Å². The van der Waals surface area contributed by atoms with E-state index in [1.807, 2.05) is 18.3 Å².